The molecule has 2 aromatic rings. The maximum atomic E-state index is 12.3. The molecule has 1 N–H and O–H groups in total. The van der Waals surface area contributed by atoms with Crippen LogP contribution in [0.1, 0.15) is 11.1 Å². The van der Waals surface area contributed by atoms with Crippen molar-refractivity contribution in [1.29, 1.82) is 0 Å². The fourth-order valence-corrected chi connectivity index (χ4v) is 3.52. The van der Waals surface area contributed by atoms with Gasteiger partial charge >= 0.3 is 0 Å². The summed E-state index contributed by atoms with van der Waals surface area (Å²) in [6, 6.07) is 13.5. The van der Waals surface area contributed by atoms with Crippen LogP contribution in [0.25, 0.3) is 0 Å². The Hall–Kier alpha value is -1.59. The average Bonchev–Trinajstić information content (AvgIpc) is 2.61. The summed E-state index contributed by atoms with van der Waals surface area (Å²) in [6.45, 7) is 6.84. The van der Waals surface area contributed by atoms with Crippen molar-refractivity contribution in [2.75, 3.05) is 38.0 Å². The first-order chi connectivity index (χ1) is 12.5. The molecule has 0 bridgehead atoms. The van der Waals surface area contributed by atoms with Gasteiger partial charge in [0.1, 0.15) is 0 Å². The first-order valence-corrected chi connectivity index (χ1v) is 9.51. The summed E-state index contributed by atoms with van der Waals surface area (Å²) in [4.78, 5) is 16.9. The summed E-state index contributed by atoms with van der Waals surface area (Å²) in [7, 11) is 0. The van der Waals surface area contributed by atoms with E-state index in [1.54, 1.807) is 0 Å². The van der Waals surface area contributed by atoms with Crippen molar-refractivity contribution < 1.29 is 4.79 Å². The topological polar surface area (TPSA) is 35.6 Å². The van der Waals surface area contributed by atoms with Gasteiger partial charge in [-0.25, -0.2) is 0 Å². The molecular weight excluding hydrogens is 369 g/mol. The van der Waals surface area contributed by atoms with E-state index in [1.807, 2.05) is 43.3 Å². The number of piperazine rings is 1. The zero-order valence-electron chi connectivity index (χ0n) is 14.8. The van der Waals surface area contributed by atoms with Crippen LogP contribution in [0.15, 0.2) is 42.5 Å². The lowest BCUT2D eigenvalue weighted by molar-refractivity contribution is -0.117. The zero-order valence-corrected chi connectivity index (χ0v) is 16.4. The maximum Gasteiger partial charge on any atom is 0.238 e. The van der Waals surface area contributed by atoms with Crippen LogP contribution in [0, 0.1) is 6.92 Å². The van der Waals surface area contributed by atoms with E-state index >= 15 is 0 Å². The molecule has 1 amide bonds. The Morgan fingerprint density at radius 2 is 1.73 bits per heavy atom. The number of halogens is 2. The molecule has 1 aliphatic rings. The summed E-state index contributed by atoms with van der Waals surface area (Å²) in [5, 5.41) is 4.40. The van der Waals surface area contributed by atoms with Crippen LogP contribution in [-0.2, 0) is 11.3 Å². The molecule has 1 heterocycles. The van der Waals surface area contributed by atoms with Gasteiger partial charge in [-0.2, -0.15) is 0 Å². The normalized spacial score (nSPS) is 15.8. The van der Waals surface area contributed by atoms with E-state index in [2.05, 4.69) is 21.2 Å². The largest absolute Gasteiger partial charge is 0.325 e. The second kappa shape index (κ2) is 8.87. The fraction of sp³-hybridized carbons (Fsp3) is 0.350. The molecule has 2 aromatic carbocycles. The number of hydrogen-bond donors (Lipinski definition) is 1. The highest BCUT2D eigenvalue weighted by Gasteiger charge is 2.19. The molecule has 4 nitrogen and oxygen atoms in total. The summed E-state index contributed by atoms with van der Waals surface area (Å²) >= 11 is 12.2. The van der Waals surface area contributed by atoms with Crippen molar-refractivity contribution in [3.8, 4) is 0 Å². The summed E-state index contributed by atoms with van der Waals surface area (Å²) < 4.78 is 0. The lowest BCUT2D eigenvalue weighted by atomic mass is 10.2. The minimum atomic E-state index is -0.00124. The first-order valence-electron chi connectivity index (χ1n) is 8.75. The third-order valence-corrected chi connectivity index (χ3v) is 5.31. The van der Waals surface area contributed by atoms with Crippen LogP contribution in [0.4, 0.5) is 5.69 Å². The van der Waals surface area contributed by atoms with Gasteiger partial charge in [0, 0.05) is 48.5 Å². The van der Waals surface area contributed by atoms with Crippen molar-refractivity contribution >= 4 is 34.8 Å². The second-order valence-corrected chi connectivity index (χ2v) is 7.49. The minimum Gasteiger partial charge on any atom is -0.325 e. The standard InChI is InChI=1S/C20H23Cl2N3O/c1-15-18(22)6-3-7-19(15)23-20(26)14-25-10-8-24(9-11-25)13-16-4-2-5-17(21)12-16/h2-7,12H,8-11,13-14H2,1H3,(H,23,26). The lowest BCUT2D eigenvalue weighted by Crippen LogP contribution is -2.48. The molecule has 1 aliphatic heterocycles. The van der Waals surface area contributed by atoms with Gasteiger partial charge in [-0.15, -0.1) is 0 Å². The van der Waals surface area contributed by atoms with E-state index in [0.29, 0.717) is 11.6 Å². The number of carbonyl (C=O) groups is 1. The molecule has 0 aromatic heterocycles. The molecule has 26 heavy (non-hydrogen) atoms. The molecule has 0 radical (unpaired) electrons. The van der Waals surface area contributed by atoms with Crippen LogP contribution in [0.5, 0.6) is 0 Å². The number of rotatable bonds is 5. The van der Waals surface area contributed by atoms with Gasteiger partial charge < -0.3 is 5.32 Å². The summed E-state index contributed by atoms with van der Waals surface area (Å²) in [5.41, 5.74) is 2.90. The number of nitrogens with one attached hydrogen (secondary N) is 1. The molecule has 3 rings (SSSR count). The van der Waals surface area contributed by atoms with E-state index in [1.165, 1.54) is 5.56 Å². The van der Waals surface area contributed by atoms with Crippen LogP contribution in [-0.4, -0.2) is 48.4 Å². The van der Waals surface area contributed by atoms with E-state index in [-0.39, 0.29) is 5.91 Å². The zero-order chi connectivity index (χ0) is 18.5. The predicted octanol–water partition coefficient (Wildman–Crippen LogP) is 4.06. The Balaban J connectivity index is 1.46. The number of anilines is 1. The van der Waals surface area contributed by atoms with Crippen molar-refractivity contribution in [2.24, 2.45) is 0 Å². The number of nitrogens with zero attached hydrogens (tertiary/aromatic N) is 2. The van der Waals surface area contributed by atoms with Crippen LogP contribution < -0.4 is 5.32 Å². The maximum absolute atomic E-state index is 12.3. The van der Waals surface area contributed by atoms with E-state index in [4.69, 9.17) is 23.2 Å². The Bertz CT molecular complexity index is 773. The average molecular weight is 392 g/mol. The molecule has 138 valence electrons. The van der Waals surface area contributed by atoms with Gasteiger partial charge in [-0.3, -0.25) is 14.6 Å². The Labute approximate surface area is 164 Å². The molecule has 1 saturated heterocycles. The van der Waals surface area contributed by atoms with Gasteiger partial charge in [-0.1, -0.05) is 41.4 Å². The van der Waals surface area contributed by atoms with Crippen molar-refractivity contribution in [1.82, 2.24) is 9.80 Å². The predicted molar refractivity (Wildman–Crippen MR) is 108 cm³/mol. The lowest BCUT2D eigenvalue weighted by Gasteiger charge is -2.34. The Morgan fingerprint density at radius 1 is 1.04 bits per heavy atom. The van der Waals surface area contributed by atoms with Crippen LogP contribution >= 0.6 is 23.2 Å². The highest BCUT2D eigenvalue weighted by atomic mass is 35.5. The van der Waals surface area contributed by atoms with Crippen molar-refractivity contribution in [3.05, 3.63) is 63.6 Å². The fourth-order valence-electron chi connectivity index (χ4n) is 3.13. The Morgan fingerprint density at radius 3 is 2.46 bits per heavy atom. The Kier molecular flexibility index (Phi) is 6.54. The van der Waals surface area contributed by atoms with E-state index in [0.717, 1.165) is 49.0 Å². The minimum absolute atomic E-state index is 0.00124. The molecule has 0 unspecified atom stereocenters. The quantitative estimate of drug-likeness (QED) is 0.834. The number of hydrogen-bond acceptors (Lipinski definition) is 3. The van der Waals surface area contributed by atoms with Crippen LogP contribution in [0.3, 0.4) is 0 Å². The first kappa shape index (κ1) is 19.2. The molecule has 1 fully saturated rings. The van der Waals surface area contributed by atoms with Gasteiger partial charge in [0.25, 0.3) is 0 Å². The second-order valence-electron chi connectivity index (χ2n) is 6.64. The number of amides is 1. The molecule has 0 spiro atoms. The SMILES string of the molecule is Cc1c(Cl)cccc1NC(=O)CN1CCN(Cc2cccc(Cl)c2)CC1. The molecular formula is C20H23Cl2N3O. The third kappa shape index (κ3) is 5.21. The molecule has 0 atom stereocenters. The molecule has 0 aliphatic carbocycles. The van der Waals surface area contributed by atoms with Gasteiger partial charge in [0.2, 0.25) is 5.91 Å². The van der Waals surface area contributed by atoms with Crippen molar-refractivity contribution in [2.45, 2.75) is 13.5 Å². The van der Waals surface area contributed by atoms with Gasteiger partial charge in [0.05, 0.1) is 6.54 Å². The third-order valence-electron chi connectivity index (χ3n) is 4.67. The molecule has 0 saturated carbocycles. The number of carbonyl (C=O) groups excluding carboxylic acids is 1. The molecule has 6 heteroatoms. The highest BCUT2D eigenvalue weighted by molar-refractivity contribution is 6.31. The smallest absolute Gasteiger partial charge is 0.238 e. The number of benzene rings is 2. The summed E-state index contributed by atoms with van der Waals surface area (Å²) in [6.07, 6.45) is 0. The van der Waals surface area contributed by atoms with Crippen LogP contribution in [0.2, 0.25) is 10.0 Å². The summed E-state index contributed by atoms with van der Waals surface area (Å²) in [5.74, 6) is -0.00124. The highest BCUT2D eigenvalue weighted by Crippen LogP contribution is 2.23. The van der Waals surface area contributed by atoms with E-state index < -0.39 is 0 Å². The van der Waals surface area contributed by atoms with Crippen molar-refractivity contribution in [3.63, 3.8) is 0 Å². The van der Waals surface area contributed by atoms with Gasteiger partial charge in [0.15, 0.2) is 0 Å². The van der Waals surface area contributed by atoms with E-state index in [9.17, 15) is 4.79 Å². The monoisotopic (exact) mass is 391 g/mol. The van der Waals surface area contributed by atoms with Gasteiger partial charge in [-0.05, 0) is 42.3 Å².